The van der Waals surface area contributed by atoms with Crippen molar-refractivity contribution in [2.45, 2.75) is 50.7 Å². The second-order valence-corrected chi connectivity index (χ2v) is 6.14. The van der Waals surface area contributed by atoms with Crippen molar-refractivity contribution in [3.63, 3.8) is 0 Å². The van der Waals surface area contributed by atoms with Crippen LogP contribution in [0.25, 0.3) is 0 Å². The molecule has 0 radical (unpaired) electrons. The maximum Gasteiger partial charge on any atom is 0.407 e. The molecule has 0 heterocycles. The second kappa shape index (κ2) is 11.8. The molecule has 6 heteroatoms. The van der Waals surface area contributed by atoms with E-state index in [1.807, 2.05) is 30.3 Å². The molecule has 1 aromatic carbocycles. The monoisotopic (exact) mass is 336 g/mol. The Kier molecular flexibility index (Phi) is 10.1. The summed E-state index contributed by atoms with van der Waals surface area (Å²) in [6, 6.07) is 9.63. The molecule has 1 amide bonds. The van der Waals surface area contributed by atoms with Crippen LogP contribution in [0.15, 0.2) is 30.3 Å². The summed E-state index contributed by atoms with van der Waals surface area (Å²) in [7, 11) is 0. The largest absolute Gasteiger partial charge is 0.445 e. The minimum Gasteiger partial charge on any atom is -0.445 e. The van der Waals surface area contributed by atoms with Crippen LogP contribution in [0.2, 0.25) is 0 Å². The van der Waals surface area contributed by atoms with E-state index >= 15 is 0 Å². The number of benzene rings is 1. The molecule has 0 aromatic heterocycles. The molecule has 0 aliphatic rings. The first-order chi connectivity index (χ1) is 11.7. The van der Waals surface area contributed by atoms with Crippen molar-refractivity contribution in [2.75, 3.05) is 19.6 Å². The third-order valence-corrected chi connectivity index (χ3v) is 4.16. The highest BCUT2D eigenvalue weighted by atomic mass is 16.5. The third-order valence-electron chi connectivity index (χ3n) is 4.16. The van der Waals surface area contributed by atoms with Crippen LogP contribution in [0.1, 0.15) is 44.1 Å². The van der Waals surface area contributed by atoms with Gasteiger partial charge in [0.25, 0.3) is 0 Å². The fraction of sp³-hybridized carbons (Fsp3) is 0.611. The lowest BCUT2D eigenvalue weighted by Gasteiger charge is -2.35. The van der Waals surface area contributed by atoms with Gasteiger partial charge in [-0.15, -0.1) is 0 Å². The Morgan fingerprint density at radius 3 is 1.88 bits per heavy atom. The molecule has 1 rings (SSSR count). The van der Waals surface area contributed by atoms with Crippen molar-refractivity contribution in [3.8, 4) is 0 Å². The summed E-state index contributed by atoms with van der Waals surface area (Å²) >= 11 is 0. The average molecular weight is 336 g/mol. The van der Waals surface area contributed by atoms with E-state index in [-0.39, 0.29) is 12.1 Å². The first-order valence-corrected chi connectivity index (χ1v) is 8.75. The van der Waals surface area contributed by atoms with Crippen molar-refractivity contribution in [1.29, 1.82) is 0 Å². The molecular weight excluding hydrogens is 304 g/mol. The summed E-state index contributed by atoms with van der Waals surface area (Å²) in [5, 5.41) is 3.08. The summed E-state index contributed by atoms with van der Waals surface area (Å²) in [4.78, 5) is 12.3. The Morgan fingerprint density at radius 2 is 1.42 bits per heavy atom. The zero-order chi connectivity index (χ0) is 17.7. The molecule has 0 spiro atoms. The van der Waals surface area contributed by atoms with Crippen LogP contribution < -0.4 is 22.5 Å². The van der Waals surface area contributed by atoms with E-state index in [1.165, 1.54) is 0 Å². The predicted octanol–water partition coefficient (Wildman–Crippen LogP) is 1.87. The Balaban J connectivity index is 2.66. The molecule has 0 bridgehead atoms. The van der Waals surface area contributed by atoms with Gasteiger partial charge in [0.2, 0.25) is 0 Å². The van der Waals surface area contributed by atoms with E-state index in [0.29, 0.717) is 19.6 Å². The van der Waals surface area contributed by atoms with Gasteiger partial charge in [-0.3, -0.25) is 0 Å². The summed E-state index contributed by atoms with van der Waals surface area (Å²) in [6.45, 7) is 2.03. The van der Waals surface area contributed by atoms with Crippen molar-refractivity contribution in [1.82, 2.24) is 5.32 Å². The molecule has 6 nitrogen and oxygen atoms in total. The maximum atomic E-state index is 12.3. The van der Waals surface area contributed by atoms with Gasteiger partial charge in [-0.25, -0.2) is 4.79 Å². The Labute approximate surface area is 145 Å². The Morgan fingerprint density at radius 1 is 0.917 bits per heavy atom. The van der Waals surface area contributed by atoms with Gasteiger partial charge in [-0.05, 0) is 63.7 Å². The third kappa shape index (κ3) is 7.77. The van der Waals surface area contributed by atoms with Gasteiger partial charge < -0.3 is 27.3 Å². The smallest absolute Gasteiger partial charge is 0.407 e. The number of rotatable bonds is 12. The highest BCUT2D eigenvalue weighted by Crippen LogP contribution is 2.25. The lowest BCUT2D eigenvalue weighted by molar-refractivity contribution is 0.119. The van der Waals surface area contributed by atoms with Gasteiger partial charge in [0.15, 0.2) is 0 Å². The molecule has 0 saturated heterocycles. The molecule has 0 aliphatic heterocycles. The fourth-order valence-corrected chi connectivity index (χ4v) is 2.86. The maximum absolute atomic E-state index is 12.3. The van der Waals surface area contributed by atoms with Crippen LogP contribution in [0.5, 0.6) is 0 Å². The highest BCUT2D eigenvalue weighted by Gasteiger charge is 2.30. The molecule has 0 unspecified atom stereocenters. The average Bonchev–Trinajstić information content (AvgIpc) is 2.62. The van der Waals surface area contributed by atoms with E-state index in [2.05, 4.69) is 5.32 Å². The zero-order valence-corrected chi connectivity index (χ0v) is 14.5. The summed E-state index contributed by atoms with van der Waals surface area (Å²) in [5.74, 6) is 0. The minimum absolute atomic E-state index is 0.257. The van der Waals surface area contributed by atoms with Crippen molar-refractivity contribution in [3.05, 3.63) is 35.9 Å². The van der Waals surface area contributed by atoms with Crippen molar-refractivity contribution >= 4 is 6.09 Å². The predicted molar refractivity (Wildman–Crippen MR) is 97.4 cm³/mol. The molecule has 1 aromatic rings. The van der Waals surface area contributed by atoms with Crippen molar-refractivity contribution in [2.24, 2.45) is 17.2 Å². The highest BCUT2D eigenvalue weighted by molar-refractivity contribution is 5.68. The standard InChI is InChI=1S/C18H32N4O2/c19-12-4-9-18(10-5-13-20,11-6-14-21)22-17(23)24-15-16-7-2-1-3-8-16/h1-3,7-8H,4-6,9-15,19-21H2,(H,22,23). The van der Waals surface area contributed by atoms with Crippen LogP contribution in [0, 0.1) is 0 Å². The van der Waals surface area contributed by atoms with E-state index in [1.54, 1.807) is 0 Å². The van der Waals surface area contributed by atoms with Crippen LogP contribution in [-0.4, -0.2) is 31.3 Å². The van der Waals surface area contributed by atoms with Gasteiger partial charge in [0, 0.05) is 5.54 Å². The number of nitrogens with two attached hydrogens (primary N) is 3. The molecule has 24 heavy (non-hydrogen) atoms. The van der Waals surface area contributed by atoms with E-state index in [4.69, 9.17) is 21.9 Å². The number of hydrogen-bond acceptors (Lipinski definition) is 5. The summed E-state index contributed by atoms with van der Waals surface area (Å²) in [6.07, 6.45) is 4.55. The number of nitrogens with one attached hydrogen (secondary N) is 1. The van der Waals surface area contributed by atoms with E-state index < -0.39 is 6.09 Å². The van der Waals surface area contributed by atoms with Gasteiger partial charge in [0.1, 0.15) is 6.61 Å². The number of amides is 1. The molecule has 0 atom stereocenters. The molecular formula is C18H32N4O2. The normalized spacial score (nSPS) is 11.3. The second-order valence-electron chi connectivity index (χ2n) is 6.14. The van der Waals surface area contributed by atoms with Gasteiger partial charge >= 0.3 is 6.09 Å². The summed E-state index contributed by atoms with van der Waals surface area (Å²) < 4.78 is 5.38. The Bertz CT molecular complexity index is 432. The number of alkyl carbamates (subject to hydrolysis) is 1. The Hall–Kier alpha value is -1.63. The molecule has 7 N–H and O–H groups in total. The zero-order valence-electron chi connectivity index (χ0n) is 14.5. The van der Waals surface area contributed by atoms with Crippen LogP contribution in [0.4, 0.5) is 4.79 Å². The van der Waals surface area contributed by atoms with E-state index in [0.717, 1.165) is 44.1 Å². The summed E-state index contributed by atoms with van der Waals surface area (Å²) in [5.41, 5.74) is 17.6. The first kappa shape index (κ1) is 20.4. The molecule has 136 valence electrons. The first-order valence-electron chi connectivity index (χ1n) is 8.75. The van der Waals surface area contributed by atoms with Crippen LogP contribution in [0.3, 0.4) is 0 Å². The number of hydrogen-bond donors (Lipinski definition) is 4. The number of carbonyl (C=O) groups excluding carboxylic acids is 1. The van der Waals surface area contributed by atoms with E-state index in [9.17, 15) is 4.79 Å². The fourth-order valence-electron chi connectivity index (χ4n) is 2.86. The van der Waals surface area contributed by atoms with Gasteiger partial charge in [-0.1, -0.05) is 30.3 Å². The van der Waals surface area contributed by atoms with Crippen LogP contribution in [-0.2, 0) is 11.3 Å². The SMILES string of the molecule is NCCCC(CCCN)(CCCN)NC(=O)OCc1ccccc1. The minimum atomic E-state index is -0.398. The topological polar surface area (TPSA) is 116 Å². The van der Waals surface area contributed by atoms with Crippen LogP contribution >= 0.6 is 0 Å². The number of carbonyl (C=O) groups is 1. The molecule has 0 aliphatic carbocycles. The lowest BCUT2D eigenvalue weighted by Crippen LogP contribution is -2.49. The molecule has 0 fully saturated rings. The number of ether oxygens (including phenoxy) is 1. The quantitative estimate of drug-likeness (QED) is 0.465. The lowest BCUT2D eigenvalue weighted by atomic mass is 9.83. The van der Waals surface area contributed by atoms with Gasteiger partial charge in [0.05, 0.1) is 0 Å². The van der Waals surface area contributed by atoms with Crippen molar-refractivity contribution < 1.29 is 9.53 Å². The van der Waals surface area contributed by atoms with Gasteiger partial charge in [-0.2, -0.15) is 0 Å². The molecule has 0 saturated carbocycles.